The van der Waals surface area contributed by atoms with Crippen LogP contribution in [0, 0.1) is 13.8 Å². The Morgan fingerprint density at radius 2 is 1.69 bits per heavy atom. The van der Waals surface area contributed by atoms with Crippen LogP contribution in [-0.4, -0.2) is 25.2 Å². The van der Waals surface area contributed by atoms with E-state index in [1.807, 2.05) is 23.7 Å². The molecule has 2 aromatic heterocycles. The molecule has 0 amide bonds. The second-order valence-corrected chi connectivity index (χ2v) is 7.33. The Morgan fingerprint density at radius 3 is 2.52 bits per heavy atom. The molecule has 0 fully saturated rings. The quantitative estimate of drug-likeness (QED) is 0.469. The van der Waals surface area contributed by atoms with E-state index in [-0.39, 0.29) is 0 Å². The predicted octanol–water partition coefficient (Wildman–Crippen LogP) is 5.15. The fourth-order valence-corrected chi connectivity index (χ4v) is 3.77. The topological polar surface area (TPSA) is 59.4 Å². The molecular formula is C24H21N5. The molecule has 1 N–H and O–H groups in total. The smallest absolute Gasteiger partial charge is 0.121 e. The largest absolute Gasteiger partial charge is 0.282 e. The molecule has 5 heteroatoms. The fraction of sp³-hybridized carbons (Fsp3) is 0.125. The Morgan fingerprint density at radius 1 is 0.897 bits per heavy atom. The molecule has 142 valence electrons. The summed E-state index contributed by atoms with van der Waals surface area (Å²) in [5.41, 5.74) is 8.51. The van der Waals surface area contributed by atoms with Crippen molar-refractivity contribution < 1.29 is 0 Å². The van der Waals surface area contributed by atoms with E-state index in [4.69, 9.17) is 0 Å². The second-order valence-electron chi connectivity index (χ2n) is 7.33. The summed E-state index contributed by atoms with van der Waals surface area (Å²) >= 11 is 0. The maximum atomic E-state index is 4.60. The molecule has 0 aliphatic rings. The van der Waals surface area contributed by atoms with Crippen molar-refractivity contribution >= 4 is 10.9 Å². The SMILES string of the molecule is Cc1ccccc1-c1c(-c2ccc3n[nH]c(C)c3c2)nnn1Cc1ccccc1. The maximum absolute atomic E-state index is 4.60. The third-order valence-corrected chi connectivity index (χ3v) is 5.33. The van der Waals surface area contributed by atoms with Crippen molar-refractivity contribution in [3.63, 3.8) is 0 Å². The molecule has 0 aliphatic carbocycles. The number of aryl methyl sites for hydroxylation is 2. The van der Waals surface area contributed by atoms with E-state index in [1.165, 1.54) is 11.1 Å². The van der Waals surface area contributed by atoms with E-state index in [2.05, 4.69) is 88.1 Å². The van der Waals surface area contributed by atoms with Crippen molar-refractivity contribution in [3.05, 3.63) is 89.6 Å². The number of hydrogen-bond donors (Lipinski definition) is 1. The first kappa shape index (κ1) is 17.4. The van der Waals surface area contributed by atoms with Gasteiger partial charge < -0.3 is 0 Å². The molecule has 0 aliphatic heterocycles. The van der Waals surface area contributed by atoms with Gasteiger partial charge >= 0.3 is 0 Å². The standard InChI is InChI=1S/C24H21N5/c1-16-8-6-7-11-20(16)24-23(19-12-13-22-21(14-19)17(2)25-26-22)27-28-29(24)15-18-9-4-3-5-10-18/h3-14H,15H2,1-2H3,(H,25,26). The normalized spacial score (nSPS) is 11.2. The van der Waals surface area contributed by atoms with Gasteiger partial charge in [-0.2, -0.15) is 5.10 Å². The van der Waals surface area contributed by atoms with Gasteiger partial charge in [-0.1, -0.05) is 65.9 Å². The molecule has 0 saturated carbocycles. The highest BCUT2D eigenvalue weighted by Gasteiger charge is 2.19. The molecule has 3 aromatic carbocycles. The lowest BCUT2D eigenvalue weighted by Crippen LogP contribution is -2.04. The molecule has 0 atom stereocenters. The molecule has 0 radical (unpaired) electrons. The number of aromatic amines is 1. The van der Waals surface area contributed by atoms with E-state index in [0.29, 0.717) is 6.54 Å². The zero-order chi connectivity index (χ0) is 19.8. The number of rotatable bonds is 4. The molecule has 0 bridgehead atoms. The van der Waals surface area contributed by atoms with Crippen LogP contribution in [0.4, 0.5) is 0 Å². The number of fused-ring (bicyclic) bond motifs is 1. The molecule has 2 heterocycles. The van der Waals surface area contributed by atoms with Gasteiger partial charge in [-0.3, -0.25) is 5.10 Å². The van der Waals surface area contributed by atoms with Crippen LogP contribution in [0.1, 0.15) is 16.8 Å². The summed E-state index contributed by atoms with van der Waals surface area (Å²) in [6.07, 6.45) is 0. The van der Waals surface area contributed by atoms with Gasteiger partial charge in [-0.25, -0.2) is 4.68 Å². The third kappa shape index (κ3) is 3.10. The summed E-state index contributed by atoms with van der Waals surface area (Å²) in [6, 6.07) is 25.0. The summed E-state index contributed by atoms with van der Waals surface area (Å²) in [5, 5.41) is 17.6. The van der Waals surface area contributed by atoms with Crippen LogP contribution in [0.15, 0.2) is 72.8 Å². The van der Waals surface area contributed by atoms with E-state index >= 15 is 0 Å². The highest BCUT2D eigenvalue weighted by molar-refractivity contribution is 5.89. The van der Waals surface area contributed by atoms with Gasteiger partial charge in [-0.15, -0.1) is 5.10 Å². The van der Waals surface area contributed by atoms with Crippen molar-refractivity contribution in [1.29, 1.82) is 0 Å². The zero-order valence-corrected chi connectivity index (χ0v) is 16.4. The monoisotopic (exact) mass is 379 g/mol. The van der Waals surface area contributed by atoms with Crippen molar-refractivity contribution in [1.82, 2.24) is 25.2 Å². The van der Waals surface area contributed by atoms with Crippen LogP contribution in [0.3, 0.4) is 0 Å². The van der Waals surface area contributed by atoms with Crippen LogP contribution >= 0.6 is 0 Å². The first-order chi connectivity index (χ1) is 14.2. The van der Waals surface area contributed by atoms with Gasteiger partial charge in [-0.05, 0) is 37.1 Å². The van der Waals surface area contributed by atoms with Crippen LogP contribution in [0.25, 0.3) is 33.4 Å². The number of hydrogen-bond acceptors (Lipinski definition) is 3. The number of nitrogens with zero attached hydrogens (tertiary/aromatic N) is 4. The van der Waals surface area contributed by atoms with Crippen LogP contribution < -0.4 is 0 Å². The number of aromatic nitrogens is 5. The minimum atomic E-state index is 0.671. The minimum Gasteiger partial charge on any atom is -0.282 e. The molecule has 5 aromatic rings. The number of benzene rings is 3. The first-order valence-corrected chi connectivity index (χ1v) is 9.69. The highest BCUT2D eigenvalue weighted by Crippen LogP contribution is 2.34. The first-order valence-electron chi connectivity index (χ1n) is 9.69. The zero-order valence-electron chi connectivity index (χ0n) is 16.4. The van der Waals surface area contributed by atoms with Crippen molar-refractivity contribution in [2.24, 2.45) is 0 Å². The molecule has 5 nitrogen and oxygen atoms in total. The van der Waals surface area contributed by atoms with Crippen molar-refractivity contribution in [3.8, 4) is 22.5 Å². The summed E-state index contributed by atoms with van der Waals surface area (Å²) in [4.78, 5) is 0. The lowest BCUT2D eigenvalue weighted by Gasteiger charge is -2.11. The minimum absolute atomic E-state index is 0.671. The summed E-state index contributed by atoms with van der Waals surface area (Å²) in [6.45, 7) is 4.83. The van der Waals surface area contributed by atoms with Crippen molar-refractivity contribution in [2.75, 3.05) is 0 Å². The van der Waals surface area contributed by atoms with E-state index < -0.39 is 0 Å². The summed E-state index contributed by atoms with van der Waals surface area (Å²) in [5.74, 6) is 0. The Labute approximate surface area is 169 Å². The average molecular weight is 379 g/mol. The van der Waals surface area contributed by atoms with E-state index in [1.54, 1.807) is 0 Å². The van der Waals surface area contributed by atoms with Gasteiger partial charge in [0.25, 0.3) is 0 Å². The Hall–Kier alpha value is -3.73. The maximum Gasteiger partial charge on any atom is 0.121 e. The van der Waals surface area contributed by atoms with Gasteiger partial charge in [0.1, 0.15) is 5.69 Å². The van der Waals surface area contributed by atoms with Gasteiger partial charge in [0.05, 0.1) is 17.8 Å². The highest BCUT2D eigenvalue weighted by atomic mass is 15.4. The van der Waals surface area contributed by atoms with Gasteiger partial charge in [0.2, 0.25) is 0 Å². The van der Waals surface area contributed by atoms with Gasteiger partial charge in [0.15, 0.2) is 0 Å². The number of H-pyrrole nitrogens is 1. The Bertz CT molecular complexity index is 1300. The van der Waals surface area contributed by atoms with E-state index in [9.17, 15) is 0 Å². The molecular weight excluding hydrogens is 358 g/mol. The molecule has 0 spiro atoms. The lowest BCUT2D eigenvalue weighted by atomic mass is 9.99. The molecule has 0 saturated heterocycles. The fourth-order valence-electron chi connectivity index (χ4n) is 3.77. The Balaban J connectivity index is 1.70. The van der Waals surface area contributed by atoms with Crippen LogP contribution in [-0.2, 0) is 6.54 Å². The van der Waals surface area contributed by atoms with E-state index in [0.717, 1.165) is 39.1 Å². The predicted molar refractivity (Wildman–Crippen MR) is 116 cm³/mol. The average Bonchev–Trinajstić information content (AvgIpc) is 3.33. The molecule has 29 heavy (non-hydrogen) atoms. The molecule has 5 rings (SSSR count). The van der Waals surface area contributed by atoms with Crippen LogP contribution in [0.2, 0.25) is 0 Å². The second kappa shape index (κ2) is 7.02. The lowest BCUT2D eigenvalue weighted by molar-refractivity contribution is 0.655. The molecule has 0 unspecified atom stereocenters. The summed E-state index contributed by atoms with van der Waals surface area (Å²) in [7, 11) is 0. The Kier molecular flexibility index (Phi) is 4.21. The van der Waals surface area contributed by atoms with Gasteiger partial charge in [0, 0.05) is 22.2 Å². The summed E-state index contributed by atoms with van der Waals surface area (Å²) < 4.78 is 2.00. The van der Waals surface area contributed by atoms with Crippen LogP contribution in [0.5, 0.6) is 0 Å². The van der Waals surface area contributed by atoms with Crippen molar-refractivity contribution in [2.45, 2.75) is 20.4 Å². The number of nitrogens with one attached hydrogen (secondary N) is 1. The third-order valence-electron chi connectivity index (χ3n) is 5.33.